The Hall–Kier alpha value is -2.89. The first kappa shape index (κ1) is 24.7. The molecule has 1 aliphatic heterocycles. The third kappa shape index (κ3) is 6.12. The summed E-state index contributed by atoms with van der Waals surface area (Å²) in [5.74, 6) is 2.71. The molecule has 33 heavy (non-hydrogen) atoms. The number of nitrogens with zero attached hydrogens (tertiary/aromatic N) is 2. The summed E-state index contributed by atoms with van der Waals surface area (Å²) in [6.07, 6.45) is 1.01. The van der Waals surface area contributed by atoms with E-state index in [0.29, 0.717) is 29.8 Å². The molecule has 0 N–H and O–H groups in total. The summed E-state index contributed by atoms with van der Waals surface area (Å²) < 4.78 is 11.6. The molecular formula is C27H31ClN2O3. The van der Waals surface area contributed by atoms with Crippen LogP contribution in [0.4, 0.5) is 0 Å². The molecule has 4 rings (SSSR count). The Balaban J connectivity index is 0.00000306. The first-order chi connectivity index (χ1) is 15.5. The number of hydrogen-bond donors (Lipinski definition) is 0. The summed E-state index contributed by atoms with van der Waals surface area (Å²) in [6.45, 7) is 9.52. The molecule has 0 amide bonds. The monoisotopic (exact) mass is 466 g/mol. The van der Waals surface area contributed by atoms with Crippen molar-refractivity contribution in [3.05, 3.63) is 83.2 Å². The van der Waals surface area contributed by atoms with E-state index < -0.39 is 0 Å². The van der Waals surface area contributed by atoms with Crippen LogP contribution in [0.2, 0.25) is 0 Å². The number of carbonyl (C=O) groups excluding carboxylic acids is 1. The van der Waals surface area contributed by atoms with Crippen LogP contribution in [0.15, 0.2) is 60.7 Å². The number of benzene rings is 2. The fraction of sp³-hybridized carbons (Fsp3) is 0.333. The van der Waals surface area contributed by atoms with E-state index in [1.165, 1.54) is 0 Å². The van der Waals surface area contributed by atoms with Crippen molar-refractivity contribution < 1.29 is 14.3 Å². The zero-order valence-corrected chi connectivity index (χ0v) is 20.2. The zero-order valence-electron chi connectivity index (χ0n) is 19.4. The van der Waals surface area contributed by atoms with Gasteiger partial charge in [0.15, 0.2) is 0 Å². The van der Waals surface area contributed by atoms with Gasteiger partial charge in [0.1, 0.15) is 17.2 Å². The maximum atomic E-state index is 11.2. The van der Waals surface area contributed by atoms with E-state index in [0.717, 1.165) is 54.3 Å². The Morgan fingerprint density at radius 2 is 1.91 bits per heavy atom. The fourth-order valence-corrected chi connectivity index (χ4v) is 4.39. The molecule has 6 heteroatoms. The molecule has 1 saturated heterocycles. The van der Waals surface area contributed by atoms with Gasteiger partial charge in [0.25, 0.3) is 6.47 Å². The van der Waals surface area contributed by atoms with Crippen molar-refractivity contribution in [2.75, 3.05) is 13.1 Å². The number of aryl methyl sites for hydroxylation is 1. The van der Waals surface area contributed by atoms with Gasteiger partial charge in [-0.2, -0.15) is 0 Å². The lowest BCUT2D eigenvalue weighted by Gasteiger charge is -2.18. The molecule has 0 aliphatic carbocycles. The molecule has 0 radical (unpaired) electrons. The van der Waals surface area contributed by atoms with Gasteiger partial charge in [-0.1, -0.05) is 44.2 Å². The molecule has 1 aliphatic rings. The highest BCUT2D eigenvalue weighted by Crippen LogP contribution is 2.38. The van der Waals surface area contributed by atoms with Crippen molar-refractivity contribution in [1.29, 1.82) is 0 Å². The summed E-state index contributed by atoms with van der Waals surface area (Å²) in [7, 11) is 0. The normalized spacial score (nSPS) is 15.8. The molecular weight excluding hydrogens is 436 g/mol. The summed E-state index contributed by atoms with van der Waals surface area (Å²) in [5.41, 5.74) is 4.31. The Morgan fingerprint density at radius 1 is 1.09 bits per heavy atom. The first-order valence-electron chi connectivity index (χ1n) is 11.2. The van der Waals surface area contributed by atoms with Gasteiger partial charge in [-0.15, -0.1) is 12.4 Å². The van der Waals surface area contributed by atoms with Gasteiger partial charge in [0.05, 0.1) is 5.69 Å². The standard InChI is InChI=1S/C27H30N2O3.ClH/c1-19(2)24-9-4-5-10-26(24)32-23-11-12-25(27(15-23)31-18-30)21-13-14-29(16-21)17-22-8-6-7-20(3)28-22;/h4-12,15,18-19,21H,13-14,16-17H2,1-3H3;1H. The number of rotatable bonds is 8. The van der Waals surface area contributed by atoms with Crippen LogP contribution in [0.25, 0.3) is 0 Å². The van der Waals surface area contributed by atoms with Crippen molar-refractivity contribution in [3.63, 3.8) is 0 Å². The lowest BCUT2D eigenvalue weighted by molar-refractivity contribution is -0.120. The average Bonchev–Trinajstić information content (AvgIpc) is 3.22. The van der Waals surface area contributed by atoms with Crippen LogP contribution in [0.1, 0.15) is 54.6 Å². The topological polar surface area (TPSA) is 51.7 Å². The number of likely N-dealkylation sites (tertiary alicyclic amines) is 1. The van der Waals surface area contributed by atoms with Crippen LogP contribution in [-0.2, 0) is 11.3 Å². The summed E-state index contributed by atoms with van der Waals surface area (Å²) in [6, 6.07) is 20.0. The smallest absolute Gasteiger partial charge is 0.298 e. The fourth-order valence-electron chi connectivity index (χ4n) is 4.39. The summed E-state index contributed by atoms with van der Waals surface area (Å²) >= 11 is 0. The van der Waals surface area contributed by atoms with Gasteiger partial charge in [0, 0.05) is 30.8 Å². The largest absolute Gasteiger partial charge is 0.457 e. The molecule has 0 spiro atoms. The van der Waals surface area contributed by atoms with Gasteiger partial charge < -0.3 is 9.47 Å². The van der Waals surface area contributed by atoms with Gasteiger partial charge in [-0.25, -0.2) is 0 Å². The quantitative estimate of drug-likeness (QED) is 0.367. The number of pyridine rings is 1. The number of ether oxygens (including phenoxy) is 2. The molecule has 1 atom stereocenters. The number of para-hydroxylation sites is 1. The van der Waals surface area contributed by atoms with E-state index in [9.17, 15) is 4.79 Å². The molecule has 3 aromatic rings. The van der Waals surface area contributed by atoms with Gasteiger partial charge >= 0.3 is 0 Å². The van der Waals surface area contributed by atoms with Crippen LogP contribution < -0.4 is 9.47 Å². The Bertz CT molecular complexity index is 1090. The predicted octanol–water partition coefficient (Wildman–Crippen LogP) is 6.25. The minimum absolute atomic E-state index is 0. The summed E-state index contributed by atoms with van der Waals surface area (Å²) in [5, 5.41) is 0. The SMILES string of the molecule is Cc1cccc(CN2CCC(c3ccc(Oc4ccccc4C(C)C)cc3OC=O)C2)n1.Cl. The second kappa shape index (κ2) is 11.3. The molecule has 0 saturated carbocycles. The highest BCUT2D eigenvalue weighted by atomic mass is 35.5. The van der Waals surface area contributed by atoms with E-state index in [-0.39, 0.29) is 12.4 Å². The number of aromatic nitrogens is 1. The third-order valence-corrected chi connectivity index (χ3v) is 5.97. The number of halogens is 1. The Kier molecular flexibility index (Phi) is 8.48. The van der Waals surface area contributed by atoms with E-state index in [2.05, 4.69) is 41.9 Å². The molecule has 1 fully saturated rings. The molecule has 2 heterocycles. The van der Waals surface area contributed by atoms with E-state index in [1.807, 2.05) is 49.4 Å². The maximum absolute atomic E-state index is 11.2. The van der Waals surface area contributed by atoms with Crippen molar-refractivity contribution in [1.82, 2.24) is 9.88 Å². The van der Waals surface area contributed by atoms with Gasteiger partial charge in [-0.3, -0.25) is 14.7 Å². The second-order valence-corrected chi connectivity index (χ2v) is 8.70. The van der Waals surface area contributed by atoms with E-state index >= 15 is 0 Å². The third-order valence-electron chi connectivity index (χ3n) is 5.97. The predicted molar refractivity (Wildman–Crippen MR) is 133 cm³/mol. The lowest BCUT2D eigenvalue weighted by Crippen LogP contribution is -2.20. The van der Waals surface area contributed by atoms with Crippen LogP contribution in [-0.4, -0.2) is 29.4 Å². The average molecular weight is 467 g/mol. The van der Waals surface area contributed by atoms with Crippen molar-refractivity contribution in [2.45, 2.75) is 45.6 Å². The molecule has 1 aromatic heterocycles. The van der Waals surface area contributed by atoms with Crippen molar-refractivity contribution in [2.24, 2.45) is 0 Å². The van der Waals surface area contributed by atoms with E-state index in [1.54, 1.807) is 0 Å². The molecule has 0 bridgehead atoms. The first-order valence-corrected chi connectivity index (χ1v) is 11.2. The minimum Gasteiger partial charge on any atom is -0.457 e. The molecule has 5 nitrogen and oxygen atoms in total. The maximum Gasteiger partial charge on any atom is 0.298 e. The molecule has 2 aromatic carbocycles. The Labute approximate surface area is 202 Å². The van der Waals surface area contributed by atoms with Crippen LogP contribution in [0.3, 0.4) is 0 Å². The van der Waals surface area contributed by atoms with Crippen LogP contribution in [0.5, 0.6) is 17.2 Å². The van der Waals surface area contributed by atoms with Crippen molar-refractivity contribution in [3.8, 4) is 17.2 Å². The van der Waals surface area contributed by atoms with E-state index in [4.69, 9.17) is 9.47 Å². The van der Waals surface area contributed by atoms with Gasteiger partial charge in [-0.05, 0) is 61.2 Å². The van der Waals surface area contributed by atoms with Crippen LogP contribution >= 0.6 is 12.4 Å². The summed E-state index contributed by atoms with van der Waals surface area (Å²) in [4.78, 5) is 18.2. The lowest BCUT2D eigenvalue weighted by atomic mass is 9.97. The number of hydrogen-bond acceptors (Lipinski definition) is 5. The van der Waals surface area contributed by atoms with Crippen LogP contribution in [0, 0.1) is 6.92 Å². The Morgan fingerprint density at radius 3 is 2.67 bits per heavy atom. The highest BCUT2D eigenvalue weighted by Gasteiger charge is 2.27. The van der Waals surface area contributed by atoms with Crippen molar-refractivity contribution >= 4 is 18.9 Å². The highest BCUT2D eigenvalue weighted by molar-refractivity contribution is 5.85. The second-order valence-electron chi connectivity index (χ2n) is 8.70. The van der Waals surface area contributed by atoms with Gasteiger partial charge in [0.2, 0.25) is 0 Å². The number of carbonyl (C=O) groups is 1. The minimum atomic E-state index is 0. The molecule has 1 unspecified atom stereocenters. The molecule has 174 valence electrons. The zero-order chi connectivity index (χ0) is 22.5.